The van der Waals surface area contributed by atoms with E-state index in [0.717, 1.165) is 26.1 Å². The molecule has 0 aromatic heterocycles. The van der Waals surface area contributed by atoms with Gasteiger partial charge in [0.1, 0.15) is 0 Å². The molecule has 4 heteroatoms. The van der Waals surface area contributed by atoms with E-state index < -0.39 is 0 Å². The summed E-state index contributed by atoms with van der Waals surface area (Å²) in [6.45, 7) is 3.01. The van der Waals surface area contributed by atoms with Crippen LogP contribution in [0.5, 0.6) is 0 Å². The molecular formula is C15H27NO2S. The monoisotopic (exact) mass is 285 g/mol. The van der Waals surface area contributed by atoms with Crippen LogP contribution < -0.4 is 5.32 Å². The smallest absolute Gasteiger partial charge is 0.0805 e. The van der Waals surface area contributed by atoms with Gasteiger partial charge in [-0.3, -0.25) is 0 Å². The summed E-state index contributed by atoms with van der Waals surface area (Å²) in [6, 6.07) is 0.699. The molecule has 3 fully saturated rings. The van der Waals surface area contributed by atoms with E-state index in [2.05, 4.69) is 5.32 Å². The Bertz CT molecular complexity index is 275. The molecule has 110 valence electrons. The molecule has 3 aliphatic heterocycles. The van der Waals surface area contributed by atoms with Crippen molar-refractivity contribution in [2.45, 2.75) is 62.7 Å². The lowest BCUT2D eigenvalue weighted by Gasteiger charge is -2.37. The lowest BCUT2D eigenvalue weighted by molar-refractivity contribution is -0.121. The van der Waals surface area contributed by atoms with Crippen molar-refractivity contribution < 1.29 is 9.47 Å². The first-order valence-corrected chi connectivity index (χ1v) is 9.09. The number of nitrogens with one attached hydrogen (secondary N) is 1. The van der Waals surface area contributed by atoms with Crippen LogP contribution in [0.15, 0.2) is 0 Å². The zero-order valence-corrected chi connectivity index (χ0v) is 12.7. The summed E-state index contributed by atoms with van der Waals surface area (Å²) in [7, 11) is 0. The van der Waals surface area contributed by atoms with Gasteiger partial charge >= 0.3 is 0 Å². The Balaban J connectivity index is 1.37. The minimum absolute atomic E-state index is 0.163. The van der Waals surface area contributed by atoms with E-state index in [0.29, 0.717) is 12.1 Å². The van der Waals surface area contributed by atoms with Crippen molar-refractivity contribution in [1.82, 2.24) is 5.32 Å². The number of hydrogen-bond acceptors (Lipinski definition) is 4. The maximum Gasteiger partial charge on any atom is 0.0805 e. The molecule has 3 unspecified atom stereocenters. The summed E-state index contributed by atoms with van der Waals surface area (Å²) >= 11 is 2.04. The Hall–Kier alpha value is 0.230. The number of rotatable bonds is 4. The summed E-state index contributed by atoms with van der Waals surface area (Å²) < 4.78 is 12.2. The van der Waals surface area contributed by atoms with Crippen LogP contribution >= 0.6 is 11.8 Å². The van der Waals surface area contributed by atoms with Gasteiger partial charge in [0.05, 0.1) is 11.7 Å². The zero-order chi connectivity index (χ0) is 13.0. The largest absolute Gasteiger partial charge is 0.378 e. The van der Waals surface area contributed by atoms with Crippen LogP contribution in [0.2, 0.25) is 0 Å². The van der Waals surface area contributed by atoms with Gasteiger partial charge in [0.2, 0.25) is 0 Å². The van der Waals surface area contributed by atoms with Crippen molar-refractivity contribution in [3.05, 3.63) is 0 Å². The van der Waals surface area contributed by atoms with E-state index in [-0.39, 0.29) is 5.60 Å². The standard InChI is InChI=1S/C15H27NO2S/c1-2-7-16-13(3-1)4-8-17-14-5-9-18-15(11-14)6-10-19-12-15/h13-14,16H,1-12H2. The molecule has 0 amide bonds. The summed E-state index contributed by atoms with van der Waals surface area (Å²) in [5, 5.41) is 3.60. The van der Waals surface area contributed by atoms with Gasteiger partial charge in [0, 0.05) is 31.4 Å². The second kappa shape index (κ2) is 6.79. The Morgan fingerprint density at radius 3 is 3.11 bits per heavy atom. The molecule has 0 radical (unpaired) electrons. The summed E-state index contributed by atoms with van der Waals surface area (Å²) in [4.78, 5) is 0. The van der Waals surface area contributed by atoms with E-state index in [1.807, 2.05) is 11.8 Å². The molecule has 0 bridgehead atoms. The van der Waals surface area contributed by atoms with Gasteiger partial charge in [-0.15, -0.1) is 0 Å². The normalized spacial score (nSPS) is 39.8. The number of thioether (sulfide) groups is 1. The fraction of sp³-hybridized carbons (Fsp3) is 1.00. The molecule has 1 N–H and O–H groups in total. The molecule has 3 aliphatic rings. The van der Waals surface area contributed by atoms with E-state index in [9.17, 15) is 0 Å². The molecule has 1 spiro atoms. The first-order valence-electron chi connectivity index (χ1n) is 7.93. The zero-order valence-electron chi connectivity index (χ0n) is 11.9. The second-order valence-electron chi connectivity index (χ2n) is 6.26. The fourth-order valence-electron chi connectivity index (χ4n) is 3.54. The van der Waals surface area contributed by atoms with Gasteiger partial charge in [-0.05, 0) is 44.4 Å². The molecule has 0 saturated carbocycles. The van der Waals surface area contributed by atoms with Gasteiger partial charge < -0.3 is 14.8 Å². The van der Waals surface area contributed by atoms with Crippen molar-refractivity contribution in [1.29, 1.82) is 0 Å². The third kappa shape index (κ3) is 3.87. The number of piperidine rings is 1. The van der Waals surface area contributed by atoms with Gasteiger partial charge in [0.25, 0.3) is 0 Å². The van der Waals surface area contributed by atoms with Gasteiger partial charge in [-0.2, -0.15) is 11.8 Å². The van der Waals surface area contributed by atoms with Crippen LogP contribution in [0, 0.1) is 0 Å². The lowest BCUT2D eigenvalue weighted by Crippen LogP contribution is -2.43. The van der Waals surface area contributed by atoms with E-state index in [1.54, 1.807) is 0 Å². The lowest BCUT2D eigenvalue weighted by atomic mass is 9.91. The SMILES string of the molecule is C1CCC(CCOC2CCOC3(CCSC3)C2)NC1. The first-order chi connectivity index (χ1) is 9.36. The average molecular weight is 285 g/mol. The maximum atomic E-state index is 6.14. The van der Waals surface area contributed by atoms with E-state index >= 15 is 0 Å². The predicted octanol–water partition coefficient (Wildman–Crippen LogP) is 2.59. The Kier molecular flexibility index (Phi) is 5.07. The van der Waals surface area contributed by atoms with Gasteiger partial charge in [-0.25, -0.2) is 0 Å². The highest BCUT2D eigenvalue weighted by molar-refractivity contribution is 7.99. The van der Waals surface area contributed by atoms with E-state index in [1.165, 1.54) is 50.2 Å². The molecule has 3 rings (SSSR count). The highest BCUT2D eigenvalue weighted by Gasteiger charge is 2.40. The first kappa shape index (κ1) is 14.2. The van der Waals surface area contributed by atoms with Crippen LogP contribution in [0.3, 0.4) is 0 Å². The Labute approximate surface area is 121 Å². The Morgan fingerprint density at radius 1 is 1.32 bits per heavy atom. The van der Waals surface area contributed by atoms with E-state index in [4.69, 9.17) is 9.47 Å². The van der Waals surface area contributed by atoms with Gasteiger partial charge in [-0.1, -0.05) is 6.42 Å². The summed E-state index contributed by atoms with van der Waals surface area (Å²) in [6.07, 6.45) is 9.12. The Morgan fingerprint density at radius 2 is 2.32 bits per heavy atom. The molecule has 3 nitrogen and oxygen atoms in total. The maximum absolute atomic E-state index is 6.14. The van der Waals surface area contributed by atoms with Crippen molar-refractivity contribution >= 4 is 11.8 Å². The summed E-state index contributed by atoms with van der Waals surface area (Å²) in [5.74, 6) is 2.44. The molecule has 0 aliphatic carbocycles. The minimum atomic E-state index is 0.163. The highest BCUT2D eigenvalue weighted by atomic mass is 32.2. The topological polar surface area (TPSA) is 30.5 Å². The highest BCUT2D eigenvalue weighted by Crippen LogP contribution is 2.39. The molecule has 3 heterocycles. The molecule has 3 atom stereocenters. The number of hydrogen-bond donors (Lipinski definition) is 1. The van der Waals surface area contributed by atoms with Crippen LogP contribution in [0.4, 0.5) is 0 Å². The number of ether oxygens (including phenoxy) is 2. The summed E-state index contributed by atoms with van der Waals surface area (Å²) in [5.41, 5.74) is 0.163. The average Bonchev–Trinajstić information content (AvgIpc) is 2.88. The van der Waals surface area contributed by atoms with Crippen LogP contribution in [0.1, 0.15) is 44.9 Å². The van der Waals surface area contributed by atoms with Crippen LogP contribution in [-0.2, 0) is 9.47 Å². The quantitative estimate of drug-likeness (QED) is 0.860. The molecular weight excluding hydrogens is 258 g/mol. The molecule has 0 aromatic carbocycles. The van der Waals surface area contributed by atoms with Crippen LogP contribution in [-0.4, -0.2) is 49.0 Å². The molecule has 3 saturated heterocycles. The van der Waals surface area contributed by atoms with Crippen molar-refractivity contribution in [2.24, 2.45) is 0 Å². The third-order valence-electron chi connectivity index (χ3n) is 4.75. The van der Waals surface area contributed by atoms with Crippen LogP contribution in [0.25, 0.3) is 0 Å². The van der Waals surface area contributed by atoms with Gasteiger partial charge in [0.15, 0.2) is 0 Å². The van der Waals surface area contributed by atoms with Crippen molar-refractivity contribution in [3.8, 4) is 0 Å². The van der Waals surface area contributed by atoms with Crippen molar-refractivity contribution in [2.75, 3.05) is 31.3 Å². The van der Waals surface area contributed by atoms with Crippen molar-refractivity contribution in [3.63, 3.8) is 0 Å². The third-order valence-corrected chi connectivity index (χ3v) is 5.97. The molecule has 19 heavy (non-hydrogen) atoms. The second-order valence-corrected chi connectivity index (χ2v) is 7.36. The predicted molar refractivity (Wildman–Crippen MR) is 79.9 cm³/mol. The fourth-order valence-corrected chi connectivity index (χ4v) is 4.91. The molecule has 0 aromatic rings. The minimum Gasteiger partial charge on any atom is -0.378 e.